The van der Waals surface area contributed by atoms with Crippen LogP contribution in [0.2, 0.25) is 0 Å². The second-order valence-corrected chi connectivity index (χ2v) is 8.96. The van der Waals surface area contributed by atoms with Crippen LogP contribution in [-0.4, -0.2) is 24.6 Å². The SMILES string of the molecule is C=CC.CC.CCC.Cc1cc(N(C)C)c(C(O)(C2=CCCC2)C(C)(F)P)cc1C. The Morgan fingerprint density at radius 2 is 1.63 bits per heavy atom. The summed E-state index contributed by atoms with van der Waals surface area (Å²) in [6, 6.07) is 3.97. The van der Waals surface area contributed by atoms with Crippen LogP contribution in [0.25, 0.3) is 0 Å². The minimum atomic E-state index is -1.84. The van der Waals surface area contributed by atoms with Gasteiger partial charge in [0.05, 0.1) is 0 Å². The van der Waals surface area contributed by atoms with E-state index in [1.165, 1.54) is 13.3 Å². The first-order chi connectivity index (χ1) is 13.9. The molecule has 0 saturated carbocycles. The molecule has 0 amide bonds. The maximum atomic E-state index is 15.1. The fraction of sp³-hybridized carbons (Fsp3) is 0.615. The maximum absolute atomic E-state index is 15.1. The maximum Gasteiger partial charge on any atom is 0.157 e. The lowest BCUT2D eigenvalue weighted by Crippen LogP contribution is -2.44. The molecule has 2 nitrogen and oxygen atoms in total. The van der Waals surface area contributed by atoms with Gasteiger partial charge in [0, 0.05) is 25.3 Å². The molecule has 0 saturated heterocycles. The Labute approximate surface area is 188 Å². The van der Waals surface area contributed by atoms with Gasteiger partial charge in [-0.25, -0.2) is 4.39 Å². The van der Waals surface area contributed by atoms with E-state index in [2.05, 4.69) is 29.7 Å². The number of hydrogen-bond acceptors (Lipinski definition) is 2. The largest absolute Gasteiger partial charge is 0.377 e. The highest BCUT2D eigenvalue weighted by molar-refractivity contribution is 7.18. The average molecular weight is 440 g/mol. The van der Waals surface area contributed by atoms with Gasteiger partial charge in [-0.15, -0.1) is 6.58 Å². The number of aliphatic hydroxyl groups is 1. The third-order valence-corrected chi connectivity index (χ3v) is 5.11. The number of halogens is 1. The standard InChI is InChI=1S/C18H27FNOP.C3H8.C3H6.C2H6/c1-12-10-15(16(20(4)5)11-13(12)2)18(21,17(3,19)22)14-8-6-7-9-14;2*1-3-2;1-2/h8,10-11,21H,6-7,9,22H2,1-5H3;3H2,1-2H3;3H,1H2,2H3;1-2H3. The summed E-state index contributed by atoms with van der Waals surface area (Å²) in [5, 5.41) is 9.64. The van der Waals surface area contributed by atoms with E-state index in [0.29, 0.717) is 5.56 Å². The second kappa shape index (κ2) is 14.8. The lowest BCUT2D eigenvalue weighted by Gasteiger charge is -2.41. The molecule has 1 aliphatic rings. The Hall–Kier alpha value is -1.18. The van der Waals surface area contributed by atoms with E-state index in [1.807, 2.05) is 71.8 Å². The molecule has 0 radical (unpaired) electrons. The lowest BCUT2D eigenvalue weighted by molar-refractivity contribution is -0.0210. The predicted molar refractivity (Wildman–Crippen MR) is 138 cm³/mol. The van der Waals surface area contributed by atoms with Crippen LogP contribution in [0, 0.1) is 13.8 Å². The number of benzene rings is 1. The molecule has 0 spiro atoms. The Kier molecular flexibility index (Phi) is 15.3. The van der Waals surface area contributed by atoms with Crippen molar-refractivity contribution in [1.29, 1.82) is 0 Å². The summed E-state index contributed by atoms with van der Waals surface area (Å²) < 4.78 is 15.1. The normalized spacial score (nSPS) is 16.1. The summed E-state index contributed by atoms with van der Waals surface area (Å²) in [4.78, 5) is 1.94. The zero-order chi connectivity index (χ0) is 24.1. The molecule has 0 bridgehead atoms. The molecule has 4 heteroatoms. The Balaban J connectivity index is 0. The van der Waals surface area contributed by atoms with E-state index in [4.69, 9.17) is 0 Å². The Morgan fingerprint density at radius 3 is 1.97 bits per heavy atom. The van der Waals surface area contributed by atoms with Crippen LogP contribution in [0.15, 0.2) is 36.4 Å². The molecule has 3 unspecified atom stereocenters. The molecule has 1 aromatic carbocycles. The van der Waals surface area contributed by atoms with Crippen molar-refractivity contribution in [3.05, 3.63) is 53.1 Å². The summed E-state index contributed by atoms with van der Waals surface area (Å²) in [5.74, 6) is 0. The number of aryl methyl sites for hydroxylation is 2. The van der Waals surface area contributed by atoms with Gasteiger partial charge in [-0.2, -0.15) is 0 Å². The fourth-order valence-electron chi connectivity index (χ4n) is 3.21. The first-order valence-corrected chi connectivity index (χ1v) is 11.8. The topological polar surface area (TPSA) is 23.5 Å². The van der Waals surface area contributed by atoms with Crippen molar-refractivity contribution in [2.45, 2.75) is 92.1 Å². The third kappa shape index (κ3) is 8.16. The first-order valence-electron chi connectivity index (χ1n) is 11.2. The smallest absolute Gasteiger partial charge is 0.157 e. The molecular formula is C26H47FNOP. The minimum absolute atomic E-state index is 0.647. The van der Waals surface area contributed by atoms with Gasteiger partial charge in [0.15, 0.2) is 5.41 Å². The molecule has 3 atom stereocenters. The Bertz CT molecular complexity index is 662. The van der Waals surface area contributed by atoms with Crippen LogP contribution in [0.4, 0.5) is 10.1 Å². The van der Waals surface area contributed by atoms with Crippen molar-refractivity contribution < 1.29 is 9.50 Å². The van der Waals surface area contributed by atoms with Gasteiger partial charge in [0.2, 0.25) is 0 Å². The summed E-state index contributed by atoms with van der Waals surface area (Å²) in [7, 11) is 6.05. The van der Waals surface area contributed by atoms with E-state index in [1.54, 1.807) is 6.08 Å². The van der Waals surface area contributed by atoms with Gasteiger partial charge in [0.1, 0.15) is 5.60 Å². The van der Waals surface area contributed by atoms with Crippen LogP contribution >= 0.6 is 9.24 Å². The van der Waals surface area contributed by atoms with Crippen molar-refractivity contribution in [3.8, 4) is 0 Å². The number of nitrogens with zero attached hydrogens (tertiary/aromatic N) is 1. The van der Waals surface area contributed by atoms with Crippen LogP contribution < -0.4 is 4.90 Å². The minimum Gasteiger partial charge on any atom is -0.377 e. The molecule has 1 N–H and O–H groups in total. The molecule has 2 rings (SSSR count). The van der Waals surface area contributed by atoms with Crippen LogP contribution in [-0.2, 0) is 5.60 Å². The van der Waals surface area contributed by atoms with Crippen molar-refractivity contribution in [2.24, 2.45) is 0 Å². The molecular weight excluding hydrogens is 392 g/mol. The monoisotopic (exact) mass is 439 g/mol. The molecule has 174 valence electrons. The third-order valence-electron chi connectivity index (χ3n) is 4.70. The zero-order valence-corrected chi connectivity index (χ0v) is 22.3. The van der Waals surface area contributed by atoms with E-state index in [0.717, 1.165) is 41.6 Å². The number of hydrogen-bond donors (Lipinski definition) is 1. The van der Waals surface area contributed by atoms with E-state index < -0.39 is 11.0 Å². The van der Waals surface area contributed by atoms with Gasteiger partial charge in [-0.1, -0.05) is 61.6 Å². The first kappa shape index (κ1) is 31.0. The molecule has 0 aliphatic heterocycles. The Morgan fingerprint density at radius 1 is 1.20 bits per heavy atom. The van der Waals surface area contributed by atoms with Crippen molar-refractivity contribution >= 4 is 14.9 Å². The number of allylic oxidation sites excluding steroid dienone is 2. The highest BCUT2D eigenvalue weighted by Crippen LogP contribution is 2.51. The number of alkyl halides is 1. The van der Waals surface area contributed by atoms with Crippen molar-refractivity contribution in [1.82, 2.24) is 0 Å². The average Bonchev–Trinajstić information content (AvgIpc) is 3.20. The fourth-order valence-corrected chi connectivity index (χ4v) is 3.55. The second-order valence-electron chi connectivity index (χ2n) is 7.87. The van der Waals surface area contributed by atoms with Gasteiger partial charge in [0.25, 0.3) is 0 Å². The van der Waals surface area contributed by atoms with Gasteiger partial charge >= 0.3 is 0 Å². The predicted octanol–water partition coefficient (Wildman–Crippen LogP) is 7.86. The van der Waals surface area contributed by atoms with Gasteiger partial charge in [-0.05, 0) is 69.7 Å². The van der Waals surface area contributed by atoms with Crippen molar-refractivity contribution in [2.75, 3.05) is 19.0 Å². The van der Waals surface area contributed by atoms with Crippen LogP contribution in [0.1, 0.15) is 83.9 Å². The van der Waals surface area contributed by atoms with Crippen LogP contribution in [0.3, 0.4) is 0 Å². The molecule has 0 aromatic heterocycles. The molecule has 1 aromatic rings. The summed E-state index contributed by atoms with van der Waals surface area (Å²) in [6.45, 7) is 19.0. The zero-order valence-electron chi connectivity index (χ0n) is 21.2. The number of rotatable bonds is 4. The van der Waals surface area contributed by atoms with Gasteiger partial charge in [-0.3, -0.25) is 0 Å². The van der Waals surface area contributed by atoms with E-state index in [-0.39, 0.29) is 0 Å². The lowest BCUT2D eigenvalue weighted by atomic mass is 9.79. The quantitative estimate of drug-likeness (QED) is 0.381. The highest BCUT2D eigenvalue weighted by Gasteiger charge is 2.50. The van der Waals surface area contributed by atoms with E-state index >= 15 is 4.39 Å². The molecule has 0 heterocycles. The molecule has 0 fully saturated rings. The molecule has 30 heavy (non-hydrogen) atoms. The van der Waals surface area contributed by atoms with Crippen LogP contribution in [0.5, 0.6) is 0 Å². The summed E-state index contributed by atoms with van der Waals surface area (Å²) in [5.41, 5.74) is 2.88. The highest BCUT2D eigenvalue weighted by atomic mass is 31.0. The molecule has 1 aliphatic carbocycles. The number of anilines is 1. The summed E-state index contributed by atoms with van der Waals surface area (Å²) >= 11 is 0. The van der Waals surface area contributed by atoms with E-state index in [9.17, 15) is 5.11 Å². The van der Waals surface area contributed by atoms with Crippen molar-refractivity contribution in [3.63, 3.8) is 0 Å². The van der Waals surface area contributed by atoms with Gasteiger partial charge < -0.3 is 10.0 Å². The summed E-state index contributed by atoms with van der Waals surface area (Å²) in [6.07, 6.45) is 7.61.